The van der Waals surface area contributed by atoms with E-state index in [1.54, 1.807) is 14.9 Å². The van der Waals surface area contributed by atoms with E-state index in [4.69, 9.17) is 5.10 Å². The lowest BCUT2D eigenvalue weighted by Gasteiger charge is -2.34. The van der Waals surface area contributed by atoms with Crippen molar-refractivity contribution >= 4 is 21.5 Å². The molecule has 0 atom stereocenters. The normalized spacial score (nSPS) is 16.4. The molecule has 0 unspecified atom stereocenters. The van der Waals surface area contributed by atoms with Crippen molar-refractivity contribution in [3.05, 3.63) is 47.3 Å². The Morgan fingerprint density at radius 1 is 0.933 bits per heavy atom. The fraction of sp³-hybridized carbons (Fsp3) is 0.476. The average molecular weight is 429 g/mol. The van der Waals surface area contributed by atoms with E-state index < -0.39 is 10.0 Å². The zero-order chi connectivity index (χ0) is 21.7. The maximum atomic E-state index is 13.2. The van der Waals surface area contributed by atoms with Crippen LogP contribution in [0.1, 0.15) is 37.7 Å². The Labute approximate surface area is 177 Å². The van der Waals surface area contributed by atoms with Gasteiger partial charge in [-0.3, -0.25) is 0 Å². The standard InChI is InChI=1S/C21H28N6O2S/c1-15-6-7-16(2)17(14-15)30(28,29)26-12-10-25(11-13-26)19-9-8-18-22-23-20(21(3,4)5)27(18)24-19/h6-9,14H,10-13H2,1-5H3. The molecule has 0 aliphatic carbocycles. The molecule has 1 saturated heterocycles. The van der Waals surface area contributed by atoms with Gasteiger partial charge in [0.25, 0.3) is 0 Å². The van der Waals surface area contributed by atoms with Gasteiger partial charge in [-0.1, -0.05) is 32.9 Å². The second-order valence-electron chi connectivity index (χ2n) is 8.90. The van der Waals surface area contributed by atoms with E-state index in [1.807, 2.05) is 38.1 Å². The maximum absolute atomic E-state index is 13.2. The Hall–Kier alpha value is -2.52. The van der Waals surface area contributed by atoms with Crippen molar-refractivity contribution in [3.8, 4) is 0 Å². The van der Waals surface area contributed by atoms with Gasteiger partial charge in [-0.05, 0) is 43.2 Å². The highest BCUT2D eigenvalue weighted by Crippen LogP contribution is 2.25. The second kappa shape index (κ2) is 7.31. The van der Waals surface area contributed by atoms with Crippen molar-refractivity contribution in [3.63, 3.8) is 0 Å². The molecule has 3 heterocycles. The number of hydrogen-bond donors (Lipinski definition) is 0. The van der Waals surface area contributed by atoms with Gasteiger partial charge >= 0.3 is 0 Å². The van der Waals surface area contributed by atoms with Crippen molar-refractivity contribution in [2.45, 2.75) is 44.9 Å². The molecule has 1 aromatic carbocycles. The smallest absolute Gasteiger partial charge is 0.243 e. The van der Waals surface area contributed by atoms with Crippen LogP contribution in [0.25, 0.3) is 5.65 Å². The van der Waals surface area contributed by atoms with E-state index in [0.717, 1.165) is 22.8 Å². The average Bonchev–Trinajstić information content (AvgIpc) is 3.13. The lowest BCUT2D eigenvalue weighted by atomic mass is 9.96. The summed E-state index contributed by atoms with van der Waals surface area (Å²) in [7, 11) is -3.51. The Morgan fingerprint density at radius 3 is 2.30 bits per heavy atom. The molecule has 160 valence electrons. The number of anilines is 1. The lowest BCUT2D eigenvalue weighted by molar-refractivity contribution is 0.383. The Morgan fingerprint density at radius 2 is 1.63 bits per heavy atom. The summed E-state index contributed by atoms with van der Waals surface area (Å²) in [6, 6.07) is 9.39. The van der Waals surface area contributed by atoms with E-state index in [2.05, 4.69) is 35.9 Å². The van der Waals surface area contributed by atoms with Crippen LogP contribution >= 0.6 is 0 Å². The van der Waals surface area contributed by atoms with Crippen molar-refractivity contribution in [1.29, 1.82) is 0 Å². The highest BCUT2D eigenvalue weighted by atomic mass is 32.2. The molecule has 0 bridgehead atoms. The molecular formula is C21H28N6O2S. The summed E-state index contributed by atoms with van der Waals surface area (Å²) in [4.78, 5) is 2.51. The molecule has 9 heteroatoms. The summed E-state index contributed by atoms with van der Waals surface area (Å²) in [6.45, 7) is 12.0. The molecule has 0 spiro atoms. The molecule has 30 heavy (non-hydrogen) atoms. The number of hydrogen-bond acceptors (Lipinski definition) is 6. The molecule has 1 fully saturated rings. The number of piperazine rings is 1. The SMILES string of the molecule is Cc1ccc(C)c(S(=O)(=O)N2CCN(c3ccc4nnc(C(C)(C)C)n4n3)CC2)c1. The number of aromatic nitrogens is 4. The van der Waals surface area contributed by atoms with Crippen molar-refractivity contribution < 1.29 is 8.42 Å². The summed E-state index contributed by atoms with van der Waals surface area (Å²) in [5.41, 5.74) is 2.25. The van der Waals surface area contributed by atoms with Gasteiger partial charge in [-0.15, -0.1) is 15.3 Å². The third-order valence-electron chi connectivity index (χ3n) is 5.44. The topological polar surface area (TPSA) is 83.7 Å². The van der Waals surface area contributed by atoms with Crippen LogP contribution in [0, 0.1) is 13.8 Å². The predicted octanol–water partition coefficient (Wildman–Crippen LogP) is 2.55. The molecule has 4 rings (SSSR count). The highest BCUT2D eigenvalue weighted by molar-refractivity contribution is 7.89. The van der Waals surface area contributed by atoms with Crippen molar-refractivity contribution in [2.75, 3.05) is 31.1 Å². The van der Waals surface area contributed by atoms with Crippen LogP contribution in [0.3, 0.4) is 0 Å². The largest absolute Gasteiger partial charge is 0.353 e. The van der Waals surface area contributed by atoms with E-state index in [-0.39, 0.29) is 5.41 Å². The van der Waals surface area contributed by atoms with Gasteiger partial charge < -0.3 is 4.90 Å². The Balaban J connectivity index is 1.55. The van der Waals surface area contributed by atoms with Crippen LogP contribution in [0.4, 0.5) is 5.82 Å². The molecule has 3 aromatic rings. The summed E-state index contributed by atoms with van der Waals surface area (Å²) >= 11 is 0. The third-order valence-corrected chi connectivity index (χ3v) is 7.48. The van der Waals surface area contributed by atoms with Gasteiger partial charge in [0, 0.05) is 31.6 Å². The molecule has 8 nitrogen and oxygen atoms in total. The zero-order valence-corrected chi connectivity index (χ0v) is 18.9. The molecule has 0 radical (unpaired) electrons. The summed E-state index contributed by atoms with van der Waals surface area (Å²) in [5.74, 6) is 1.60. The van der Waals surface area contributed by atoms with Crippen molar-refractivity contribution in [1.82, 2.24) is 24.1 Å². The Bertz CT molecular complexity index is 1190. The first kappa shape index (κ1) is 20.7. The van der Waals surface area contributed by atoms with Gasteiger partial charge in [-0.2, -0.15) is 8.82 Å². The third kappa shape index (κ3) is 3.67. The molecule has 1 aliphatic rings. The minimum Gasteiger partial charge on any atom is -0.353 e. The number of aryl methyl sites for hydroxylation is 2. The molecule has 0 saturated carbocycles. The number of benzene rings is 1. The van der Waals surface area contributed by atoms with Crippen LogP contribution in [-0.2, 0) is 15.4 Å². The van der Waals surface area contributed by atoms with Gasteiger partial charge in [0.15, 0.2) is 11.5 Å². The lowest BCUT2D eigenvalue weighted by Crippen LogP contribution is -2.49. The summed E-state index contributed by atoms with van der Waals surface area (Å²) in [5, 5.41) is 13.2. The first-order valence-corrected chi connectivity index (χ1v) is 11.6. The monoisotopic (exact) mass is 428 g/mol. The van der Waals surface area contributed by atoms with Gasteiger partial charge in [0.1, 0.15) is 5.82 Å². The van der Waals surface area contributed by atoms with E-state index in [0.29, 0.717) is 36.7 Å². The van der Waals surface area contributed by atoms with Gasteiger partial charge in [0.05, 0.1) is 4.90 Å². The van der Waals surface area contributed by atoms with Gasteiger partial charge in [-0.25, -0.2) is 8.42 Å². The minimum absolute atomic E-state index is 0.177. The Kier molecular flexibility index (Phi) is 5.06. The summed E-state index contributed by atoms with van der Waals surface area (Å²) in [6.07, 6.45) is 0. The molecule has 0 amide bonds. The van der Waals surface area contributed by atoms with E-state index in [9.17, 15) is 8.42 Å². The predicted molar refractivity (Wildman–Crippen MR) is 116 cm³/mol. The summed E-state index contributed by atoms with van der Waals surface area (Å²) < 4.78 is 29.7. The molecule has 0 N–H and O–H groups in total. The molecular weight excluding hydrogens is 400 g/mol. The van der Waals surface area contributed by atoms with E-state index >= 15 is 0 Å². The van der Waals surface area contributed by atoms with E-state index in [1.165, 1.54) is 0 Å². The van der Waals surface area contributed by atoms with Crippen LogP contribution in [0.5, 0.6) is 0 Å². The molecule has 1 aliphatic heterocycles. The quantitative estimate of drug-likeness (QED) is 0.638. The van der Waals surface area contributed by atoms with Gasteiger partial charge in [0.2, 0.25) is 10.0 Å². The fourth-order valence-electron chi connectivity index (χ4n) is 3.70. The maximum Gasteiger partial charge on any atom is 0.243 e. The van der Waals surface area contributed by atoms with Crippen LogP contribution < -0.4 is 4.90 Å². The van der Waals surface area contributed by atoms with Crippen LogP contribution in [0.15, 0.2) is 35.2 Å². The number of nitrogens with zero attached hydrogens (tertiary/aromatic N) is 6. The van der Waals surface area contributed by atoms with Crippen LogP contribution in [0.2, 0.25) is 0 Å². The molecule has 2 aromatic heterocycles. The first-order chi connectivity index (χ1) is 14.1. The second-order valence-corrected chi connectivity index (χ2v) is 10.8. The number of sulfonamides is 1. The first-order valence-electron chi connectivity index (χ1n) is 10.1. The number of fused-ring (bicyclic) bond motifs is 1. The fourth-order valence-corrected chi connectivity index (χ4v) is 5.43. The number of rotatable bonds is 3. The van der Waals surface area contributed by atoms with Crippen molar-refractivity contribution in [2.24, 2.45) is 0 Å². The zero-order valence-electron chi connectivity index (χ0n) is 18.1. The van der Waals surface area contributed by atoms with Crippen LogP contribution in [-0.4, -0.2) is 58.7 Å². The minimum atomic E-state index is -3.51. The highest BCUT2D eigenvalue weighted by Gasteiger charge is 2.30.